The molecule has 0 aliphatic heterocycles. The number of hydrogen-bond acceptors (Lipinski definition) is 0. The maximum atomic E-state index is 2.12. The van der Waals surface area contributed by atoms with Gasteiger partial charge in [-0.25, -0.2) is 0 Å². The van der Waals surface area contributed by atoms with Crippen LogP contribution in [0, 0.1) is 0 Å². The van der Waals surface area contributed by atoms with Gasteiger partial charge in [0.25, 0.3) is 0 Å². The van der Waals surface area contributed by atoms with Gasteiger partial charge in [0, 0.05) is 0 Å². The number of halogens is 2. The molecule has 0 rings (SSSR count). The topological polar surface area (TPSA) is 0 Å². The van der Waals surface area contributed by atoms with Crippen molar-refractivity contribution in [2.24, 2.45) is 0 Å². The van der Waals surface area contributed by atoms with Gasteiger partial charge in [0.05, 0.1) is 0 Å². The lowest BCUT2D eigenvalue weighted by atomic mass is 10.6. The highest BCUT2D eigenvalue weighted by atomic mass is 79.9. The van der Waals surface area contributed by atoms with E-state index < -0.39 is 0 Å². The summed E-state index contributed by atoms with van der Waals surface area (Å²) in [6.45, 7) is 4.25. The van der Waals surface area contributed by atoms with E-state index in [1.54, 1.807) is 0 Å². The highest BCUT2D eigenvalue weighted by Gasteiger charge is 1.35. The van der Waals surface area contributed by atoms with Crippen LogP contribution in [0.5, 0.6) is 0 Å². The Morgan fingerprint density at radius 1 is 1.00 bits per heavy atom. The molecule has 0 unspecified atom stereocenters. The van der Waals surface area contributed by atoms with Crippen molar-refractivity contribution in [1.82, 2.24) is 0 Å². The van der Waals surface area contributed by atoms with Crippen molar-refractivity contribution in [3.63, 3.8) is 0 Å². The summed E-state index contributed by atoms with van der Waals surface area (Å²) in [5, 5.41) is 0. The SMILES string of the molecule is CCC.[Br-].[Br-]. The van der Waals surface area contributed by atoms with Gasteiger partial charge >= 0.3 is 0 Å². The van der Waals surface area contributed by atoms with Crippen LogP contribution in [0.4, 0.5) is 0 Å². The predicted molar refractivity (Wildman–Crippen MR) is 16.0 cm³/mol. The summed E-state index contributed by atoms with van der Waals surface area (Å²) in [5.41, 5.74) is 0. The normalized spacial score (nSPS) is 3.60. The molecular weight excluding hydrogens is 196 g/mol. The van der Waals surface area contributed by atoms with Crippen LogP contribution in [-0.4, -0.2) is 0 Å². The molecule has 0 aliphatic carbocycles. The Bertz CT molecular complexity index is 4.85. The Kier molecular flexibility index (Phi) is 67.8. The second-order valence-electron chi connectivity index (χ2n) is 0.707. The van der Waals surface area contributed by atoms with Crippen LogP contribution in [0.25, 0.3) is 0 Å². The maximum Gasteiger partial charge on any atom is -0.0590 e. The van der Waals surface area contributed by atoms with Crippen LogP contribution >= 0.6 is 0 Å². The minimum absolute atomic E-state index is 0. The third-order valence-electron chi connectivity index (χ3n) is 0. The molecule has 36 valence electrons. The molecule has 5 heavy (non-hydrogen) atoms. The zero-order chi connectivity index (χ0) is 2.71. The zero-order valence-electron chi connectivity index (χ0n) is 3.46. The summed E-state index contributed by atoms with van der Waals surface area (Å²) in [7, 11) is 0. The molecule has 0 saturated carbocycles. The van der Waals surface area contributed by atoms with Crippen LogP contribution in [-0.2, 0) is 0 Å². The summed E-state index contributed by atoms with van der Waals surface area (Å²) in [5.74, 6) is 0. The average Bonchev–Trinajstić information content (AvgIpc) is 0.918. The Hall–Kier alpha value is 0.960. The van der Waals surface area contributed by atoms with E-state index in [9.17, 15) is 0 Å². The largest absolute Gasteiger partial charge is 1.00 e. The number of hydrogen-bond donors (Lipinski definition) is 0. The van der Waals surface area contributed by atoms with Crippen LogP contribution < -0.4 is 34.0 Å². The molecule has 0 nitrogen and oxygen atoms in total. The van der Waals surface area contributed by atoms with Gasteiger partial charge in [0.2, 0.25) is 0 Å². The lowest BCUT2D eigenvalue weighted by Crippen LogP contribution is -3.00. The van der Waals surface area contributed by atoms with Crippen molar-refractivity contribution in [2.75, 3.05) is 0 Å². The molecule has 0 radical (unpaired) electrons. The number of rotatable bonds is 0. The fourth-order valence-corrected chi connectivity index (χ4v) is 0. The fourth-order valence-electron chi connectivity index (χ4n) is 0. The van der Waals surface area contributed by atoms with Gasteiger partial charge in [-0.2, -0.15) is 0 Å². The average molecular weight is 204 g/mol. The van der Waals surface area contributed by atoms with Crippen LogP contribution in [0.1, 0.15) is 20.3 Å². The van der Waals surface area contributed by atoms with Gasteiger partial charge in [0.1, 0.15) is 0 Å². The van der Waals surface area contributed by atoms with Gasteiger partial charge in [0.15, 0.2) is 0 Å². The second kappa shape index (κ2) is 20.2. The standard InChI is InChI=1S/C3H8.2BrH/c1-3-2;;/h3H2,1-2H3;2*1H/p-2. The lowest BCUT2D eigenvalue weighted by Gasteiger charge is -1.48. The van der Waals surface area contributed by atoms with E-state index in [0.717, 1.165) is 0 Å². The summed E-state index contributed by atoms with van der Waals surface area (Å²) in [6.07, 6.45) is 1.25. The van der Waals surface area contributed by atoms with E-state index in [-0.39, 0.29) is 34.0 Å². The molecule has 0 aromatic rings. The van der Waals surface area contributed by atoms with Crippen molar-refractivity contribution >= 4 is 0 Å². The lowest BCUT2D eigenvalue weighted by molar-refractivity contribution is -0.00100. The summed E-state index contributed by atoms with van der Waals surface area (Å²) >= 11 is 0. The Morgan fingerprint density at radius 2 is 1.00 bits per heavy atom. The van der Waals surface area contributed by atoms with Crippen molar-refractivity contribution in [2.45, 2.75) is 20.3 Å². The van der Waals surface area contributed by atoms with E-state index in [1.807, 2.05) is 0 Å². The smallest absolute Gasteiger partial charge is 0.0590 e. The summed E-state index contributed by atoms with van der Waals surface area (Å²) in [4.78, 5) is 0. The van der Waals surface area contributed by atoms with Crippen molar-refractivity contribution < 1.29 is 34.0 Å². The van der Waals surface area contributed by atoms with Crippen LogP contribution in [0.15, 0.2) is 0 Å². The molecule has 2 heteroatoms. The molecular formula is C3H8Br2-2. The molecule has 0 N–H and O–H groups in total. The van der Waals surface area contributed by atoms with Gasteiger partial charge in [-0.15, -0.1) is 0 Å². The Morgan fingerprint density at radius 3 is 1.00 bits per heavy atom. The Labute approximate surface area is 54.5 Å². The monoisotopic (exact) mass is 202 g/mol. The molecule has 0 atom stereocenters. The van der Waals surface area contributed by atoms with Gasteiger partial charge in [-0.3, -0.25) is 0 Å². The van der Waals surface area contributed by atoms with Crippen LogP contribution in [0.3, 0.4) is 0 Å². The molecule has 0 fully saturated rings. The molecule has 0 bridgehead atoms. The van der Waals surface area contributed by atoms with Gasteiger partial charge < -0.3 is 34.0 Å². The molecule has 0 spiro atoms. The second-order valence-corrected chi connectivity index (χ2v) is 0.707. The quantitative estimate of drug-likeness (QED) is 0.372. The van der Waals surface area contributed by atoms with E-state index in [1.165, 1.54) is 6.42 Å². The summed E-state index contributed by atoms with van der Waals surface area (Å²) < 4.78 is 0. The van der Waals surface area contributed by atoms with E-state index in [0.29, 0.717) is 0 Å². The van der Waals surface area contributed by atoms with Gasteiger partial charge in [-0.1, -0.05) is 20.3 Å². The highest BCUT2D eigenvalue weighted by Crippen LogP contribution is 1.56. The first-order chi connectivity index (χ1) is 1.41. The van der Waals surface area contributed by atoms with Crippen molar-refractivity contribution in [3.8, 4) is 0 Å². The fraction of sp³-hybridized carbons (Fsp3) is 1.00. The minimum atomic E-state index is 0. The molecule has 0 amide bonds. The van der Waals surface area contributed by atoms with Gasteiger partial charge in [-0.05, 0) is 0 Å². The molecule has 0 aromatic carbocycles. The first kappa shape index (κ1) is 16.7. The van der Waals surface area contributed by atoms with E-state index in [2.05, 4.69) is 13.8 Å². The maximum absolute atomic E-state index is 2.12. The first-order valence-corrected chi connectivity index (χ1v) is 1.41. The van der Waals surface area contributed by atoms with Crippen molar-refractivity contribution in [1.29, 1.82) is 0 Å². The Balaban J connectivity index is -0.0000000200. The summed E-state index contributed by atoms with van der Waals surface area (Å²) in [6, 6.07) is 0. The van der Waals surface area contributed by atoms with E-state index >= 15 is 0 Å². The molecule has 0 aromatic heterocycles. The predicted octanol–water partition coefficient (Wildman–Crippen LogP) is -4.58. The highest BCUT2D eigenvalue weighted by molar-refractivity contribution is 3.92. The molecule has 0 aliphatic rings. The van der Waals surface area contributed by atoms with Crippen LogP contribution in [0.2, 0.25) is 0 Å². The third-order valence-corrected chi connectivity index (χ3v) is 0. The molecule has 0 heterocycles. The minimum Gasteiger partial charge on any atom is -1.00 e. The third kappa shape index (κ3) is 47.2. The molecule has 0 saturated heterocycles. The zero-order valence-corrected chi connectivity index (χ0v) is 6.64. The first-order valence-electron chi connectivity index (χ1n) is 1.41. The van der Waals surface area contributed by atoms with Crippen molar-refractivity contribution in [3.05, 3.63) is 0 Å². The van der Waals surface area contributed by atoms with E-state index in [4.69, 9.17) is 0 Å².